The number of nitro groups is 1. The van der Waals surface area contributed by atoms with Gasteiger partial charge in [0.05, 0.1) is 12.0 Å². The molecule has 0 spiro atoms. The van der Waals surface area contributed by atoms with E-state index < -0.39 is 10.6 Å². The molecule has 2 rings (SSSR count). The molecule has 0 aliphatic rings. The zero-order valence-electron chi connectivity index (χ0n) is 11.6. The summed E-state index contributed by atoms with van der Waals surface area (Å²) < 4.78 is 10.7. The molecule has 0 saturated heterocycles. The van der Waals surface area contributed by atoms with Crippen LogP contribution in [0.1, 0.15) is 12.5 Å². The lowest BCUT2D eigenvalue weighted by atomic mass is 10.1. The summed E-state index contributed by atoms with van der Waals surface area (Å²) in [5.74, 6) is 0.293. The SMILES string of the molecule is CCc1ccc(Oc2ncnc(N)c2[N+](=O)[O-])c(OC)c1. The molecule has 0 atom stereocenters. The monoisotopic (exact) mass is 290 g/mol. The van der Waals surface area contributed by atoms with Gasteiger partial charge < -0.3 is 15.2 Å². The van der Waals surface area contributed by atoms with E-state index in [9.17, 15) is 10.1 Å². The van der Waals surface area contributed by atoms with Gasteiger partial charge >= 0.3 is 11.6 Å². The zero-order chi connectivity index (χ0) is 15.4. The lowest BCUT2D eigenvalue weighted by Gasteiger charge is -2.11. The van der Waals surface area contributed by atoms with Crippen LogP contribution in [-0.2, 0) is 6.42 Å². The molecule has 2 aromatic rings. The maximum atomic E-state index is 11.0. The number of benzene rings is 1. The predicted octanol–water partition coefficient (Wildman–Crippen LogP) is 2.33. The van der Waals surface area contributed by atoms with Gasteiger partial charge in [-0.15, -0.1) is 0 Å². The molecule has 1 aromatic heterocycles. The first-order chi connectivity index (χ1) is 10.1. The Labute approximate surface area is 120 Å². The van der Waals surface area contributed by atoms with Crippen LogP contribution in [0.3, 0.4) is 0 Å². The van der Waals surface area contributed by atoms with Gasteiger partial charge in [-0.1, -0.05) is 13.0 Å². The molecule has 1 heterocycles. The fourth-order valence-electron chi connectivity index (χ4n) is 1.74. The van der Waals surface area contributed by atoms with Crippen LogP contribution >= 0.6 is 0 Å². The quantitative estimate of drug-likeness (QED) is 0.663. The van der Waals surface area contributed by atoms with Crippen LogP contribution in [-0.4, -0.2) is 22.0 Å². The van der Waals surface area contributed by atoms with E-state index in [1.54, 1.807) is 12.1 Å². The molecule has 0 amide bonds. The largest absolute Gasteiger partial charge is 0.493 e. The second-order valence-electron chi connectivity index (χ2n) is 4.11. The smallest absolute Gasteiger partial charge is 0.372 e. The topological polar surface area (TPSA) is 113 Å². The number of nitrogen functional groups attached to an aromatic ring is 1. The van der Waals surface area contributed by atoms with E-state index in [1.807, 2.05) is 13.0 Å². The fraction of sp³-hybridized carbons (Fsp3) is 0.231. The predicted molar refractivity (Wildman–Crippen MR) is 75.5 cm³/mol. The first-order valence-corrected chi connectivity index (χ1v) is 6.16. The minimum Gasteiger partial charge on any atom is -0.493 e. The highest BCUT2D eigenvalue weighted by Gasteiger charge is 2.24. The van der Waals surface area contributed by atoms with Crippen LogP contribution < -0.4 is 15.2 Å². The third-order valence-corrected chi connectivity index (χ3v) is 2.84. The fourth-order valence-corrected chi connectivity index (χ4v) is 1.74. The molecule has 2 N–H and O–H groups in total. The van der Waals surface area contributed by atoms with Gasteiger partial charge in [-0.25, -0.2) is 4.98 Å². The van der Waals surface area contributed by atoms with Crippen molar-refractivity contribution in [2.75, 3.05) is 12.8 Å². The first-order valence-electron chi connectivity index (χ1n) is 6.16. The van der Waals surface area contributed by atoms with Crippen molar-refractivity contribution in [2.24, 2.45) is 0 Å². The average Bonchev–Trinajstić information content (AvgIpc) is 2.47. The Bertz CT molecular complexity index is 675. The van der Waals surface area contributed by atoms with Crippen LogP contribution in [0.25, 0.3) is 0 Å². The van der Waals surface area contributed by atoms with Crippen molar-refractivity contribution >= 4 is 11.5 Å². The number of methoxy groups -OCH3 is 1. The second kappa shape index (κ2) is 6.04. The van der Waals surface area contributed by atoms with Crippen molar-refractivity contribution in [1.82, 2.24) is 9.97 Å². The minimum atomic E-state index is -0.683. The molecule has 8 nitrogen and oxygen atoms in total. The summed E-state index contributed by atoms with van der Waals surface area (Å²) >= 11 is 0. The molecular formula is C13H14N4O4. The molecule has 0 saturated carbocycles. The number of aromatic nitrogens is 2. The van der Waals surface area contributed by atoms with E-state index in [1.165, 1.54) is 7.11 Å². The zero-order valence-corrected chi connectivity index (χ0v) is 11.6. The summed E-state index contributed by atoms with van der Waals surface area (Å²) in [5, 5.41) is 11.0. The van der Waals surface area contributed by atoms with Gasteiger partial charge in [0.2, 0.25) is 5.82 Å². The van der Waals surface area contributed by atoms with Crippen molar-refractivity contribution < 1.29 is 14.4 Å². The van der Waals surface area contributed by atoms with E-state index >= 15 is 0 Å². The number of hydrogen-bond acceptors (Lipinski definition) is 7. The third-order valence-electron chi connectivity index (χ3n) is 2.84. The molecule has 0 bridgehead atoms. The molecular weight excluding hydrogens is 276 g/mol. The number of nitrogens with zero attached hydrogens (tertiary/aromatic N) is 3. The molecule has 1 aromatic carbocycles. The molecule has 0 fully saturated rings. The Balaban J connectivity index is 2.43. The molecule has 0 aliphatic heterocycles. The maximum Gasteiger partial charge on any atom is 0.372 e. The number of anilines is 1. The Morgan fingerprint density at radius 2 is 2.10 bits per heavy atom. The Kier molecular flexibility index (Phi) is 4.17. The van der Waals surface area contributed by atoms with E-state index in [0.29, 0.717) is 11.5 Å². The average molecular weight is 290 g/mol. The lowest BCUT2D eigenvalue weighted by molar-refractivity contribution is -0.385. The van der Waals surface area contributed by atoms with Crippen LogP contribution in [0.15, 0.2) is 24.5 Å². The van der Waals surface area contributed by atoms with Crippen molar-refractivity contribution in [3.05, 3.63) is 40.2 Å². The summed E-state index contributed by atoms with van der Waals surface area (Å²) in [5.41, 5.74) is 6.07. The van der Waals surface area contributed by atoms with Gasteiger partial charge in [0.1, 0.15) is 6.33 Å². The Hall–Kier alpha value is -2.90. The van der Waals surface area contributed by atoms with Crippen molar-refractivity contribution in [2.45, 2.75) is 13.3 Å². The Morgan fingerprint density at radius 3 is 2.71 bits per heavy atom. The summed E-state index contributed by atoms with van der Waals surface area (Å²) in [7, 11) is 1.49. The number of hydrogen-bond donors (Lipinski definition) is 1. The molecule has 0 unspecified atom stereocenters. The van der Waals surface area contributed by atoms with E-state index in [0.717, 1.165) is 18.3 Å². The van der Waals surface area contributed by atoms with E-state index in [4.69, 9.17) is 15.2 Å². The van der Waals surface area contributed by atoms with Gasteiger partial charge in [-0.2, -0.15) is 4.98 Å². The third kappa shape index (κ3) is 2.99. The molecule has 0 aliphatic carbocycles. The lowest BCUT2D eigenvalue weighted by Crippen LogP contribution is -2.03. The van der Waals surface area contributed by atoms with Crippen molar-refractivity contribution in [3.63, 3.8) is 0 Å². The molecule has 0 radical (unpaired) electrons. The van der Waals surface area contributed by atoms with Crippen molar-refractivity contribution in [3.8, 4) is 17.4 Å². The van der Waals surface area contributed by atoms with Crippen LogP contribution in [0, 0.1) is 10.1 Å². The van der Waals surface area contributed by atoms with Gasteiger partial charge in [-0.3, -0.25) is 10.1 Å². The second-order valence-corrected chi connectivity index (χ2v) is 4.11. The Morgan fingerprint density at radius 1 is 1.33 bits per heavy atom. The molecule has 21 heavy (non-hydrogen) atoms. The number of ether oxygens (including phenoxy) is 2. The van der Waals surface area contributed by atoms with E-state index in [-0.39, 0.29) is 11.7 Å². The van der Waals surface area contributed by atoms with Gasteiger partial charge in [-0.05, 0) is 24.1 Å². The van der Waals surface area contributed by atoms with Gasteiger partial charge in [0.25, 0.3) is 0 Å². The summed E-state index contributed by atoms with van der Waals surface area (Å²) in [6.07, 6.45) is 1.93. The van der Waals surface area contributed by atoms with Crippen LogP contribution in [0.4, 0.5) is 11.5 Å². The normalized spacial score (nSPS) is 10.2. The highest BCUT2D eigenvalue weighted by atomic mass is 16.6. The number of rotatable bonds is 5. The number of nitrogens with two attached hydrogens (primary N) is 1. The summed E-state index contributed by atoms with van der Waals surface area (Å²) in [6.45, 7) is 2.01. The number of aryl methyl sites for hydroxylation is 1. The molecule has 8 heteroatoms. The van der Waals surface area contributed by atoms with E-state index in [2.05, 4.69) is 9.97 Å². The standard InChI is InChI=1S/C13H14N4O4/c1-3-8-4-5-9(10(6-8)20-2)21-13-11(17(18)19)12(14)15-7-16-13/h4-7H,3H2,1-2H3,(H2,14,15,16). The van der Waals surface area contributed by atoms with Gasteiger partial charge in [0.15, 0.2) is 11.5 Å². The highest BCUT2D eigenvalue weighted by Crippen LogP contribution is 2.36. The van der Waals surface area contributed by atoms with Gasteiger partial charge in [0, 0.05) is 0 Å². The van der Waals surface area contributed by atoms with Crippen LogP contribution in [0.5, 0.6) is 17.4 Å². The minimum absolute atomic E-state index is 0.227. The maximum absolute atomic E-state index is 11.0. The van der Waals surface area contributed by atoms with Crippen LogP contribution in [0.2, 0.25) is 0 Å². The molecule has 110 valence electrons. The summed E-state index contributed by atoms with van der Waals surface area (Å²) in [4.78, 5) is 17.7. The first kappa shape index (κ1) is 14.5. The highest BCUT2D eigenvalue weighted by molar-refractivity contribution is 5.59. The van der Waals surface area contributed by atoms with Crippen molar-refractivity contribution in [1.29, 1.82) is 0 Å². The summed E-state index contributed by atoms with van der Waals surface area (Å²) in [6, 6.07) is 5.31.